The molecule has 0 N–H and O–H groups in total. The standard InChI is InChI=1S/C20H18ClN3O2S/c21-17-9-5-4-8-15(17)13-27-20-23-22-19(26-20)16-10-18(25)24(12-16)11-14-6-2-1-3-7-14/h1-9,16H,10-13H2. The molecule has 0 bridgehead atoms. The van der Waals surface area contributed by atoms with Crippen LogP contribution in [0, 0.1) is 0 Å². The van der Waals surface area contributed by atoms with Gasteiger partial charge >= 0.3 is 0 Å². The van der Waals surface area contributed by atoms with Gasteiger partial charge in [0.05, 0.1) is 5.92 Å². The van der Waals surface area contributed by atoms with Gasteiger partial charge in [-0.05, 0) is 17.2 Å². The molecule has 2 heterocycles. The zero-order valence-corrected chi connectivity index (χ0v) is 16.1. The highest BCUT2D eigenvalue weighted by atomic mass is 35.5. The van der Waals surface area contributed by atoms with Crippen LogP contribution in [-0.2, 0) is 17.1 Å². The summed E-state index contributed by atoms with van der Waals surface area (Å²) in [5.41, 5.74) is 2.14. The Bertz CT molecular complexity index is 932. The third kappa shape index (κ3) is 4.34. The zero-order chi connectivity index (χ0) is 18.6. The van der Waals surface area contributed by atoms with E-state index < -0.39 is 0 Å². The van der Waals surface area contributed by atoms with Crippen LogP contribution in [0.2, 0.25) is 5.02 Å². The van der Waals surface area contributed by atoms with E-state index in [9.17, 15) is 4.79 Å². The van der Waals surface area contributed by atoms with Gasteiger partial charge in [0, 0.05) is 30.3 Å². The maximum atomic E-state index is 12.3. The Labute approximate surface area is 166 Å². The highest BCUT2D eigenvalue weighted by molar-refractivity contribution is 7.98. The fraction of sp³-hybridized carbons (Fsp3) is 0.250. The maximum Gasteiger partial charge on any atom is 0.276 e. The molecule has 1 aromatic heterocycles. The molecule has 1 saturated heterocycles. The summed E-state index contributed by atoms with van der Waals surface area (Å²) in [5, 5.41) is 9.50. The summed E-state index contributed by atoms with van der Waals surface area (Å²) in [6, 6.07) is 17.7. The highest BCUT2D eigenvalue weighted by Gasteiger charge is 2.34. The van der Waals surface area contributed by atoms with Crippen LogP contribution in [0.4, 0.5) is 0 Å². The fourth-order valence-electron chi connectivity index (χ4n) is 3.09. The number of carbonyl (C=O) groups excluding carboxylic acids is 1. The number of carbonyl (C=O) groups is 1. The lowest BCUT2D eigenvalue weighted by molar-refractivity contribution is -0.128. The second-order valence-corrected chi connectivity index (χ2v) is 7.78. The van der Waals surface area contributed by atoms with Crippen molar-refractivity contribution in [2.45, 2.75) is 29.9 Å². The van der Waals surface area contributed by atoms with E-state index in [-0.39, 0.29) is 11.8 Å². The second-order valence-electron chi connectivity index (χ2n) is 6.45. The zero-order valence-electron chi connectivity index (χ0n) is 14.5. The molecule has 1 unspecified atom stereocenters. The molecule has 0 spiro atoms. The Kier molecular flexibility index (Phi) is 5.45. The Morgan fingerprint density at radius 1 is 1.11 bits per heavy atom. The molecule has 0 radical (unpaired) electrons. The second kappa shape index (κ2) is 8.15. The third-order valence-corrected chi connectivity index (χ3v) is 5.75. The molecule has 0 saturated carbocycles. The molecule has 1 aliphatic rings. The number of halogens is 1. The quantitative estimate of drug-likeness (QED) is 0.570. The van der Waals surface area contributed by atoms with Crippen molar-refractivity contribution in [1.82, 2.24) is 15.1 Å². The van der Waals surface area contributed by atoms with Gasteiger partial charge in [-0.15, -0.1) is 10.2 Å². The van der Waals surface area contributed by atoms with Crippen LogP contribution in [0.1, 0.15) is 29.4 Å². The summed E-state index contributed by atoms with van der Waals surface area (Å²) in [6.45, 7) is 1.21. The molecular formula is C20H18ClN3O2S. The van der Waals surface area contributed by atoms with E-state index in [2.05, 4.69) is 10.2 Å². The predicted octanol–water partition coefficient (Wildman–Crippen LogP) is 4.53. The van der Waals surface area contributed by atoms with Crippen molar-refractivity contribution >= 4 is 29.3 Å². The first-order valence-corrected chi connectivity index (χ1v) is 10.1. The number of aromatic nitrogens is 2. The lowest BCUT2D eigenvalue weighted by Crippen LogP contribution is -2.24. The number of hydrogen-bond donors (Lipinski definition) is 0. The molecule has 1 amide bonds. The SMILES string of the molecule is O=C1CC(c2nnc(SCc3ccccc3Cl)o2)CN1Cc1ccccc1. The van der Waals surface area contributed by atoms with Gasteiger partial charge < -0.3 is 9.32 Å². The molecule has 2 aromatic carbocycles. The summed E-state index contributed by atoms with van der Waals surface area (Å²) in [7, 11) is 0. The van der Waals surface area contributed by atoms with Crippen molar-refractivity contribution in [3.8, 4) is 0 Å². The molecule has 138 valence electrons. The van der Waals surface area contributed by atoms with E-state index in [0.29, 0.717) is 36.4 Å². The molecule has 1 fully saturated rings. The number of thioether (sulfide) groups is 1. The number of amides is 1. The van der Waals surface area contributed by atoms with Gasteiger partial charge in [0.2, 0.25) is 11.8 Å². The molecule has 0 aliphatic carbocycles. The first-order valence-electron chi connectivity index (χ1n) is 8.70. The molecule has 7 heteroatoms. The molecule has 3 aromatic rings. The summed E-state index contributed by atoms with van der Waals surface area (Å²) in [5.74, 6) is 1.25. The van der Waals surface area contributed by atoms with Crippen LogP contribution in [-0.4, -0.2) is 27.5 Å². The topological polar surface area (TPSA) is 59.2 Å². The van der Waals surface area contributed by atoms with Gasteiger partial charge in [-0.3, -0.25) is 4.79 Å². The van der Waals surface area contributed by atoms with Gasteiger partial charge in [-0.1, -0.05) is 71.9 Å². The van der Waals surface area contributed by atoms with E-state index in [0.717, 1.165) is 16.1 Å². The fourth-order valence-corrected chi connectivity index (χ4v) is 4.15. The van der Waals surface area contributed by atoms with Crippen LogP contribution in [0.15, 0.2) is 64.2 Å². The van der Waals surface area contributed by atoms with Crippen molar-refractivity contribution < 1.29 is 9.21 Å². The largest absolute Gasteiger partial charge is 0.416 e. The summed E-state index contributed by atoms with van der Waals surface area (Å²) in [4.78, 5) is 14.2. The average Bonchev–Trinajstić information content (AvgIpc) is 3.29. The first-order chi connectivity index (χ1) is 13.2. The van der Waals surface area contributed by atoms with Crippen LogP contribution < -0.4 is 0 Å². The molecule has 5 nitrogen and oxygen atoms in total. The monoisotopic (exact) mass is 399 g/mol. The normalized spacial score (nSPS) is 16.9. The van der Waals surface area contributed by atoms with E-state index >= 15 is 0 Å². The summed E-state index contributed by atoms with van der Waals surface area (Å²) in [6.07, 6.45) is 0.406. The molecular weight excluding hydrogens is 382 g/mol. The van der Waals surface area contributed by atoms with Crippen LogP contribution in [0.5, 0.6) is 0 Å². The molecule has 1 aliphatic heterocycles. The van der Waals surface area contributed by atoms with Crippen LogP contribution in [0.3, 0.4) is 0 Å². The minimum Gasteiger partial charge on any atom is -0.416 e. The van der Waals surface area contributed by atoms with Gasteiger partial charge in [-0.2, -0.15) is 0 Å². The minimum absolute atomic E-state index is 0.0524. The summed E-state index contributed by atoms with van der Waals surface area (Å²) >= 11 is 7.62. The van der Waals surface area contributed by atoms with Gasteiger partial charge in [0.15, 0.2) is 0 Å². The molecule has 4 rings (SSSR count). The van der Waals surface area contributed by atoms with Crippen molar-refractivity contribution in [2.75, 3.05) is 6.54 Å². The highest BCUT2D eigenvalue weighted by Crippen LogP contribution is 2.31. The van der Waals surface area contributed by atoms with Gasteiger partial charge in [0.25, 0.3) is 5.22 Å². The Morgan fingerprint density at radius 3 is 2.70 bits per heavy atom. The van der Waals surface area contributed by atoms with E-state index in [1.165, 1.54) is 11.8 Å². The third-order valence-electron chi connectivity index (χ3n) is 4.51. The predicted molar refractivity (Wildman–Crippen MR) is 105 cm³/mol. The Balaban J connectivity index is 1.37. The van der Waals surface area contributed by atoms with Crippen LogP contribution in [0.25, 0.3) is 0 Å². The van der Waals surface area contributed by atoms with Gasteiger partial charge in [0.1, 0.15) is 0 Å². The number of rotatable bonds is 6. The summed E-state index contributed by atoms with van der Waals surface area (Å²) < 4.78 is 5.79. The average molecular weight is 400 g/mol. The molecule has 1 atom stereocenters. The Hall–Kier alpha value is -2.31. The van der Waals surface area contributed by atoms with Gasteiger partial charge in [-0.25, -0.2) is 0 Å². The smallest absolute Gasteiger partial charge is 0.276 e. The van der Waals surface area contributed by atoms with Crippen molar-refractivity contribution in [2.24, 2.45) is 0 Å². The maximum absolute atomic E-state index is 12.3. The number of hydrogen-bond acceptors (Lipinski definition) is 5. The minimum atomic E-state index is -0.0524. The van der Waals surface area contributed by atoms with E-state index in [4.69, 9.17) is 16.0 Å². The van der Waals surface area contributed by atoms with E-state index in [1.54, 1.807) is 0 Å². The van der Waals surface area contributed by atoms with Crippen LogP contribution >= 0.6 is 23.4 Å². The molecule has 27 heavy (non-hydrogen) atoms. The Morgan fingerprint density at radius 2 is 1.89 bits per heavy atom. The lowest BCUT2D eigenvalue weighted by Gasteiger charge is -2.15. The number of benzene rings is 2. The number of nitrogens with zero attached hydrogens (tertiary/aromatic N) is 3. The lowest BCUT2D eigenvalue weighted by atomic mass is 10.1. The number of likely N-dealkylation sites (tertiary alicyclic amines) is 1. The first kappa shape index (κ1) is 18.1. The van der Waals surface area contributed by atoms with E-state index in [1.807, 2.05) is 59.5 Å². The van der Waals surface area contributed by atoms with Crippen molar-refractivity contribution in [1.29, 1.82) is 0 Å². The van der Waals surface area contributed by atoms with Crippen molar-refractivity contribution in [3.63, 3.8) is 0 Å². The van der Waals surface area contributed by atoms with Crippen molar-refractivity contribution in [3.05, 3.63) is 76.6 Å².